The van der Waals surface area contributed by atoms with Gasteiger partial charge in [-0.25, -0.2) is 0 Å². The minimum absolute atomic E-state index is 0. The summed E-state index contributed by atoms with van der Waals surface area (Å²) in [6.07, 6.45) is 1.99. The van der Waals surface area contributed by atoms with Crippen molar-refractivity contribution in [3.63, 3.8) is 0 Å². The van der Waals surface area contributed by atoms with Crippen LogP contribution in [0.5, 0.6) is 11.5 Å². The highest BCUT2D eigenvalue weighted by Crippen LogP contribution is 2.31. The van der Waals surface area contributed by atoms with Crippen LogP contribution >= 0.6 is 35.8 Å². The zero-order valence-corrected chi connectivity index (χ0v) is 17.4. The third-order valence-electron chi connectivity index (χ3n) is 3.76. The molecule has 5 nitrogen and oxygen atoms in total. The Labute approximate surface area is 169 Å². The van der Waals surface area contributed by atoms with Crippen molar-refractivity contribution in [3.8, 4) is 11.5 Å². The summed E-state index contributed by atoms with van der Waals surface area (Å²) in [4.78, 5) is 15.4. The second-order valence-electron chi connectivity index (χ2n) is 5.42. The summed E-state index contributed by atoms with van der Waals surface area (Å²) < 4.78 is 10.7. The Hall–Kier alpha value is -1.76. The van der Waals surface area contributed by atoms with Gasteiger partial charge in [-0.15, -0.1) is 24.2 Å². The van der Waals surface area contributed by atoms with Gasteiger partial charge in [0.05, 0.1) is 30.5 Å². The Morgan fingerprint density at radius 2 is 1.85 bits per heavy atom. The average molecular weight is 417 g/mol. The summed E-state index contributed by atoms with van der Waals surface area (Å²) in [6.45, 7) is 0.426. The predicted octanol–water partition coefficient (Wildman–Crippen LogP) is 4.36. The van der Waals surface area contributed by atoms with E-state index in [2.05, 4.69) is 0 Å². The molecule has 0 atom stereocenters. The van der Waals surface area contributed by atoms with Crippen molar-refractivity contribution in [2.75, 3.05) is 33.3 Å². The number of nitrogen functional groups attached to an aromatic ring is 1. The van der Waals surface area contributed by atoms with Crippen molar-refractivity contribution in [2.24, 2.45) is 0 Å². The minimum atomic E-state index is -0.202. The molecule has 0 spiro atoms. The SMILES string of the molecule is COc1cc(CN(C)C(=O)c2cc(Cl)c(N)cc2OC)ccc1SC.Cl. The van der Waals surface area contributed by atoms with Crippen LogP contribution < -0.4 is 15.2 Å². The summed E-state index contributed by atoms with van der Waals surface area (Å²) in [5.74, 6) is 0.986. The molecule has 0 aliphatic carbocycles. The molecule has 2 N–H and O–H groups in total. The number of ether oxygens (including phenoxy) is 2. The first-order valence-corrected chi connectivity index (χ1v) is 9.10. The molecule has 0 saturated heterocycles. The first-order valence-electron chi connectivity index (χ1n) is 7.50. The summed E-state index contributed by atoms with van der Waals surface area (Å²) in [5.41, 5.74) is 7.48. The van der Waals surface area contributed by atoms with Gasteiger partial charge in [-0.05, 0) is 30.0 Å². The van der Waals surface area contributed by atoms with Crippen LogP contribution in [0.2, 0.25) is 5.02 Å². The maximum Gasteiger partial charge on any atom is 0.257 e. The van der Waals surface area contributed by atoms with Crippen molar-refractivity contribution in [1.82, 2.24) is 4.90 Å². The number of nitrogens with zero attached hydrogens (tertiary/aromatic N) is 1. The molecular formula is C18H22Cl2N2O3S. The maximum absolute atomic E-state index is 12.8. The van der Waals surface area contributed by atoms with E-state index in [1.54, 1.807) is 36.9 Å². The van der Waals surface area contributed by atoms with E-state index in [0.717, 1.165) is 16.2 Å². The van der Waals surface area contributed by atoms with E-state index in [4.69, 9.17) is 26.8 Å². The highest BCUT2D eigenvalue weighted by Gasteiger charge is 2.19. The molecule has 0 aliphatic rings. The van der Waals surface area contributed by atoms with Crippen LogP contribution in [0.4, 0.5) is 5.69 Å². The Morgan fingerprint density at radius 3 is 2.42 bits per heavy atom. The van der Waals surface area contributed by atoms with E-state index >= 15 is 0 Å². The molecule has 2 rings (SSSR count). The molecule has 26 heavy (non-hydrogen) atoms. The van der Waals surface area contributed by atoms with Crippen LogP contribution in [0.25, 0.3) is 0 Å². The molecule has 1 amide bonds. The van der Waals surface area contributed by atoms with E-state index in [9.17, 15) is 4.79 Å². The highest BCUT2D eigenvalue weighted by atomic mass is 35.5. The molecule has 0 unspecified atom stereocenters. The van der Waals surface area contributed by atoms with Crippen LogP contribution in [0.1, 0.15) is 15.9 Å². The molecule has 0 fully saturated rings. The third kappa shape index (κ3) is 4.90. The van der Waals surface area contributed by atoms with Gasteiger partial charge in [-0.3, -0.25) is 4.79 Å². The van der Waals surface area contributed by atoms with E-state index < -0.39 is 0 Å². The Balaban J connectivity index is 0.00000338. The van der Waals surface area contributed by atoms with E-state index in [1.165, 1.54) is 13.2 Å². The lowest BCUT2D eigenvalue weighted by Crippen LogP contribution is -2.26. The smallest absolute Gasteiger partial charge is 0.257 e. The molecular weight excluding hydrogens is 395 g/mol. The number of hydrogen-bond donors (Lipinski definition) is 1. The Kier molecular flexibility index (Phi) is 8.40. The number of nitrogens with two attached hydrogens (primary N) is 1. The molecule has 0 radical (unpaired) electrons. The Morgan fingerprint density at radius 1 is 1.19 bits per heavy atom. The van der Waals surface area contributed by atoms with Crippen LogP contribution in [0, 0.1) is 0 Å². The first kappa shape index (κ1) is 22.3. The fraction of sp³-hybridized carbons (Fsp3) is 0.278. The number of carbonyl (C=O) groups is 1. The predicted molar refractivity (Wildman–Crippen MR) is 110 cm³/mol. The second-order valence-corrected chi connectivity index (χ2v) is 6.68. The van der Waals surface area contributed by atoms with Crippen LogP contribution in [-0.4, -0.2) is 38.3 Å². The van der Waals surface area contributed by atoms with Gasteiger partial charge in [0.2, 0.25) is 0 Å². The molecule has 142 valence electrons. The molecule has 0 heterocycles. The number of anilines is 1. The maximum atomic E-state index is 12.8. The molecule has 0 saturated carbocycles. The van der Waals surface area contributed by atoms with Crippen LogP contribution in [0.15, 0.2) is 35.2 Å². The highest BCUT2D eigenvalue weighted by molar-refractivity contribution is 7.98. The largest absolute Gasteiger partial charge is 0.496 e. The lowest BCUT2D eigenvalue weighted by Gasteiger charge is -2.20. The van der Waals surface area contributed by atoms with E-state index in [1.807, 2.05) is 24.5 Å². The quantitative estimate of drug-likeness (QED) is 0.559. The van der Waals surface area contributed by atoms with Crippen molar-refractivity contribution >= 4 is 47.4 Å². The molecule has 2 aromatic rings. The second kappa shape index (κ2) is 9.80. The van der Waals surface area contributed by atoms with Gasteiger partial charge in [0.25, 0.3) is 5.91 Å². The van der Waals surface area contributed by atoms with Crippen molar-refractivity contribution in [1.29, 1.82) is 0 Å². The number of rotatable bonds is 6. The number of halogens is 2. The minimum Gasteiger partial charge on any atom is -0.496 e. The zero-order valence-electron chi connectivity index (χ0n) is 15.0. The first-order chi connectivity index (χ1) is 11.9. The van der Waals surface area contributed by atoms with Gasteiger partial charge < -0.3 is 20.1 Å². The lowest BCUT2D eigenvalue weighted by atomic mass is 10.1. The van der Waals surface area contributed by atoms with Gasteiger partial charge in [0.15, 0.2) is 0 Å². The van der Waals surface area contributed by atoms with Gasteiger partial charge in [-0.2, -0.15) is 0 Å². The fourth-order valence-electron chi connectivity index (χ4n) is 2.44. The fourth-order valence-corrected chi connectivity index (χ4v) is 3.15. The summed E-state index contributed by atoms with van der Waals surface area (Å²) >= 11 is 7.66. The van der Waals surface area contributed by atoms with E-state index in [0.29, 0.717) is 28.6 Å². The number of methoxy groups -OCH3 is 2. The summed E-state index contributed by atoms with van der Waals surface area (Å²) in [6, 6.07) is 8.98. The molecule has 0 aliphatic heterocycles. The normalized spacial score (nSPS) is 10.0. The zero-order chi connectivity index (χ0) is 18.6. The van der Waals surface area contributed by atoms with Crippen LogP contribution in [0.3, 0.4) is 0 Å². The number of hydrogen-bond acceptors (Lipinski definition) is 5. The van der Waals surface area contributed by atoms with Gasteiger partial charge in [0.1, 0.15) is 11.5 Å². The van der Waals surface area contributed by atoms with Gasteiger partial charge >= 0.3 is 0 Å². The topological polar surface area (TPSA) is 64.8 Å². The summed E-state index contributed by atoms with van der Waals surface area (Å²) in [5, 5.41) is 0.323. The van der Waals surface area contributed by atoms with Crippen molar-refractivity contribution < 1.29 is 14.3 Å². The van der Waals surface area contributed by atoms with E-state index in [-0.39, 0.29) is 18.3 Å². The molecule has 8 heteroatoms. The standard InChI is InChI=1S/C18H21ClN2O3S.ClH/c1-21(10-11-5-6-17(25-4)16(7-11)24-3)18(22)12-8-13(19)14(20)9-15(12)23-2;/h5-9H,10,20H2,1-4H3;1H. The molecule has 0 aromatic heterocycles. The number of carbonyl (C=O) groups excluding carboxylic acids is 1. The molecule has 2 aromatic carbocycles. The van der Waals surface area contributed by atoms with Gasteiger partial charge in [0, 0.05) is 24.6 Å². The van der Waals surface area contributed by atoms with Crippen LogP contribution in [-0.2, 0) is 6.54 Å². The Bertz CT molecular complexity index is 787. The van der Waals surface area contributed by atoms with Gasteiger partial charge in [-0.1, -0.05) is 17.7 Å². The van der Waals surface area contributed by atoms with Crippen molar-refractivity contribution in [3.05, 3.63) is 46.5 Å². The summed E-state index contributed by atoms with van der Waals surface area (Å²) in [7, 11) is 4.85. The average Bonchev–Trinajstić information content (AvgIpc) is 2.62. The van der Waals surface area contributed by atoms with Crippen molar-refractivity contribution in [2.45, 2.75) is 11.4 Å². The number of benzene rings is 2. The number of thioether (sulfide) groups is 1. The third-order valence-corrected chi connectivity index (χ3v) is 4.87. The lowest BCUT2D eigenvalue weighted by molar-refractivity contribution is 0.0781. The number of amides is 1. The molecule has 0 bridgehead atoms. The monoisotopic (exact) mass is 416 g/mol.